The second-order valence-corrected chi connectivity index (χ2v) is 3.35. The first-order valence-corrected chi connectivity index (χ1v) is 5.17. The Morgan fingerprint density at radius 3 is 2.67 bits per heavy atom. The second kappa shape index (κ2) is 5.53. The maximum atomic E-state index is 10.9. The molecule has 0 unspecified atom stereocenters. The van der Waals surface area contributed by atoms with E-state index in [4.69, 9.17) is 5.11 Å². The Labute approximate surface area is 103 Å². The van der Waals surface area contributed by atoms with Gasteiger partial charge in [-0.1, -0.05) is 23.4 Å². The summed E-state index contributed by atoms with van der Waals surface area (Å²) in [4.78, 5) is 14.9. The van der Waals surface area contributed by atoms with E-state index >= 15 is 0 Å². The number of aromatic carboxylic acids is 1. The SMILES string of the molecule is O=C(O)c1ccccc1NN=Nc1ccccn1. The number of anilines is 1. The maximum Gasteiger partial charge on any atom is 0.337 e. The van der Waals surface area contributed by atoms with Gasteiger partial charge >= 0.3 is 5.97 Å². The Bertz CT molecular complexity index is 569. The van der Waals surface area contributed by atoms with Gasteiger partial charge in [0.05, 0.1) is 11.3 Å². The minimum absolute atomic E-state index is 0.137. The molecule has 0 amide bonds. The monoisotopic (exact) mass is 242 g/mol. The zero-order valence-corrected chi connectivity index (χ0v) is 9.32. The molecule has 0 atom stereocenters. The lowest BCUT2D eigenvalue weighted by Gasteiger charge is -2.02. The quantitative estimate of drug-likeness (QED) is 0.637. The number of hydrogen-bond donors (Lipinski definition) is 2. The average Bonchev–Trinajstić information content (AvgIpc) is 2.40. The van der Waals surface area contributed by atoms with Crippen LogP contribution >= 0.6 is 0 Å². The minimum Gasteiger partial charge on any atom is -0.478 e. The van der Waals surface area contributed by atoms with E-state index in [1.165, 1.54) is 6.07 Å². The predicted octanol–water partition coefficient (Wildman–Crippen LogP) is 2.89. The number of carboxylic acids is 1. The molecule has 6 nitrogen and oxygen atoms in total. The Hall–Kier alpha value is -2.76. The first kappa shape index (κ1) is 11.7. The van der Waals surface area contributed by atoms with Gasteiger partial charge in [-0.2, -0.15) is 0 Å². The van der Waals surface area contributed by atoms with Crippen LogP contribution < -0.4 is 5.43 Å². The molecule has 18 heavy (non-hydrogen) atoms. The standard InChI is InChI=1S/C12H10N4O2/c17-12(18)9-5-1-2-6-10(9)14-16-15-11-7-3-4-8-13-11/h1-8H,(H,17,18)(H,13,14,15). The molecule has 0 saturated carbocycles. The van der Waals surface area contributed by atoms with Crippen LogP contribution in [0.1, 0.15) is 10.4 Å². The second-order valence-electron chi connectivity index (χ2n) is 3.35. The molecule has 0 bridgehead atoms. The number of pyridine rings is 1. The largest absolute Gasteiger partial charge is 0.478 e. The van der Waals surface area contributed by atoms with Gasteiger partial charge in [-0.3, -0.25) is 5.43 Å². The fourth-order valence-corrected chi connectivity index (χ4v) is 1.31. The molecule has 0 aliphatic rings. The van der Waals surface area contributed by atoms with Gasteiger partial charge in [-0.25, -0.2) is 9.78 Å². The molecule has 0 aliphatic heterocycles. The van der Waals surface area contributed by atoms with E-state index in [2.05, 4.69) is 20.7 Å². The van der Waals surface area contributed by atoms with Crippen LogP contribution in [-0.4, -0.2) is 16.1 Å². The zero-order chi connectivity index (χ0) is 12.8. The fourth-order valence-electron chi connectivity index (χ4n) is 1.31. The highest BCUT2D eigenvalue weighted by Gasteiger charge is 2.07. The van der Waals surface area contributed by atoms with E-state index in [1.807, 2.05) is 0 Å². The van der Waals surface area contributed by atoms with E-state index in [0.29, 0.717) is 11.5 Å². The summed E-state index contributed by atoms with van der Waals surface area (Å²) < 4.78 is 0. The topological polar surface area (TPSA) is 86.9 Å². The normalized spacial score (nSPS) is 10.4. The molecule has 1 aromatic heterocycles. The third kappa shape index (κ3) is 2.88. The number of carboxylic acid groups (broad SMARTS) is 1. The first-order valence-electron chi connectivity index (χ1n) is 5.17. The molecule has 2 rings (SSSR count). The van der Waals surface area contributed by atoms with Crippen LogP contribution in [0.25, 0.3) is 0 Å². The summed E-state index contributed by atoms with van der Waals surface area (Å²) >= 11 is 0. The van der Waals surface area contributed by atoms with Crippen molar-refractivity contribution in [2.24, 2.45) is 10.3 Å². The van der Waals surface area contributed by atoms with Crippen molar-refractivity contribution in [2.75, 3.05) is 5.43 Å². The maximum absolute atomic E-state index is 10.9. The number of rotatable bonds is 4. The highest BCUT2D eigenvalue weighted by molar-refractivity contribution is 5.94. The molecule has 2 N–H and O–H groups in total. The first-order chi connectivity index (χ1) is 8.77. The predicted molar refractivity (Wildman–Crippen MR) is 65.8 cm³/mol. The van der Waals surface area contributed by atoms with Crippen molar-refractivity contribution in [3.63, 3.8) is 0 Å². The fraction of sp³-hybridized carbons (Fsp3) is 0. The minimum atomic E-state index is -1.02. The Morgan fingerprint density at radius 1 is 1.17 bits per heavy atom. The van der Waals surface area contributed by atoms with E-state index < -0.39 is 5.97 Å². The van der Waals surface area contributed by atoms with Crippen LogP contribution in [0, 0.1) is 0 Å². The number of benzene rings is 1. The number of aromatic nitrogens is 1. The van der Waals surface area contributed by atoms with Crippen molar-refractivity contribution in [3.05, 3.63) is 54.2 Å². The number of para-hydroxylation sites is 1. The lowest BCUT2D eigenvalue weighted by Crippen LogP contribution is -2.01. The van der Waals surface area contributed by atoms with Gasteiger partial charge in [-0.15, -0.1) is 5.11 Å². The molecule has 1 aromatic carbocycles. The van der Waals surface area contributed by atoms with Gasteiger partial charge in [-0.05, 0) is 24.3 Å². The van der Waals surface area contributed by atoms with Gasteiger partial charge in [0.2, 0.25) is 0 Å². The molecule has 0 spiro atoms. The molecule has 0 fully saturated rings. The van der Waals surface area contributed by atoms with Gasteiger partial charge in [0, 0.05) is 6.20 Å². The summed E-state index contributed by atoms with van der Waals surface area (Å²) in [6.07, 6.45) is 1.60. The van der Waals surface area contributed by atoms with Crippen molar-refractivity contribution in [1.82, 2.24) is 4.98 Å². The molecule has 0 aliphatic carbocycles. The van der Waals surface area contributed by atoms with Crippen LogP contribution in [0.4, 0.5) is 11.5 Å². The summed E-state index contributed by atoms with van der Waals surface area (Å²) in [5.41, 5.74) is 3.10. The van der Waals surface area contributed by atoms with Crippen LogP contribution in [0.3, 0.4) is 0 Å². The van der Waals surface area contributed by atoms with Gasteiger partial charge in [0.25, 0.3) is 0 Å². The van der Waals surface area contributed by atoms with Gasteiger partial charge < -0.3 is 5.11 Å². The molecule has 2 aromatic rings. The molecule has 0 radical (unpaired) electrons. The molecule has 90 valence electrons. The Kier molecular flexibility index (Phi) is 3.60. The van der Waals surface area contributed by atoms with Crippen molar-refractivity contribution in [3.8, 4) is 0 Å². The summed E-state index contributed by atoms with van der Waals surface area (Å²) in [5.74, 6) is -0.580. The van der Waals surface area contributed by atoms with Crippen molar-refractivity contribution in [2.45, 2.75) is 0 Å². The van der Waals surface area contributed by atoms with Crippen LogP contribution in [0.2, 0.25) is 0 Å². The van der Waals surface area contributed by atoms with Crippen molar-refractivity contribution in [1.29, 1.82) is 0 Å². The lowest BCUT2D eigenvalue weighted by atomic mass is 10.2. The van der Waals surface area contributed by atoms with Crippen molar-refractivity contribution < 1.29 is 9.90 Å². The summed E-state index contributed by atoms with van der Waals surface area (Å²) in [7, 11) is 0. The van der Waals surface area contributed by atoms with Crippen LogP contribution in [0.5, 0.6) is 0 Å². The highest BCUT2D eigenvalue weighted by Crippen LogP contribution is 2.15. The lowest BCUT2D eigenvalue weighted by molar-refractivity contribution is 0.0698. The van der Waals surface area contributed by atoms with Crippen LogP contribution in [-0.2, 0) is 0 Å². The third-order valence-corrected chi connectivity index (χ3v) is 2.13. The Balaban J connectivity index is 2.11. The molecule has 1 heterocycles. The Morgan fingerprint density at radius 2 is 1.94 bits per heavy atom. The number of hydrogen-bond acceptors (Lipinski definition) is 4. The average molecular weight is 242 g/mol. The molecule has 0 saturated heterocycles. The summed E-state index contributed by atoms with van der Waals surface area (Å²) in [6.45, 7) is 0. The van der Waals surface area contributed by atoms with Crippen LogP contribution in [0.15, 0.2) is 59.0 Å². The summed E-state index contributed by atoms with van der Waals surface area (Å²) in [6, 6.07) is 11.7. The zero-order valence-electron chi connectivity index (χ0n) is 9.32. The number of carbonyl (C=O) groups is 1. The highest BCUT2D eigenvalue weighted by atomic mass is 16.4. The van der Waals surface area contributed by atoms with Gasteiger partial charge in [0.1, 0.15) is 0 Å². The van der Waals surface area contributed by atoms with E-state index in [-0.39, 0.29) is 5.56 Å². The van der Waals surface area contributed by atoms with Gasteiger partial charge in [0.15, 0.2) is 5.82 Å². The number of nitrogens with zero attached hydrogens (tertiary/aromatic N) is 3. The van der Waals surface area contributed by atoms with E-state index in [0.717, 1.165) is 0 Å². The smallest absolute Gasteiger partial charge is 0.337 e. The molecular weight excluding hydrogens is 232 g/mol. The summed E-state index contributed by atoms with van der Waals surface area (Å²) in [5, 5.41) is 16.5. The molecule has 6 heteroatoms. The molecular formula is C12H10N4O2. The van der Waals surface area contributed by atoms with E-state index in [9.17, 15) is 4.79 Å². The third-order valence-electron chi connectivity index (χ3n) is 2.13. The number of nitrogens with one attached hydrogen (secondary N) is 1. The van der Waals surface area contributed by atoms with Crippen molar-refractivity contribution >= 4 is 17.5 Å². The van der Waals surface area contributed by atoms with E-state index in [1.54, 1.807) is 42.6 Å².